The summed E-state index contributed by atoms with van der Waals surface area (Å²) in [5.41, 5.74) is 3.79. The summed E-state index contributed by atoms with van der Waals surface area (Å²) in [5, 5.41) is 16.2. The van der Waals surface area contributed by atoms with E-state index in [1.54, 1.807) is 20.3 Å². The van der Waals surface area contributed by atoms with Crippen molar-refractivity contribution in [2.24, 2.45) is 5.10 Å². The van der Waals surface area contributed by atoms with E-state index in [1.807, 2.05) is 43.3 Å². The molecule has 2 heterocycles. The second-order valence-corrected chi connectivity index (χ2v) is 8.37. The monoisotopic (exact) mass is 481 g/mol. The van der Waals surface area contributed by atoms with Crippen LogP contribution in [-0.2, 0) is 9.59 Å². The van der Waals surface area contributed by atoms with Crippen LogP contribution in [0.5, 0.6) is 11.5 Å². The topological polar surface area (TPSA) is 101 Å². The Morgan fingerprint density at radius 2 is 1.82 bits per heavy atom. The van der Waals surface area contributed by atoms with Crippen molar-refractivity contribution in [3.05, 3.63) is 64.3 Å². The Hall–Kier alpha value is -3.65. The molecule has 1 aliphatic rings. The van der Waals surface area contributed by atoms with Gasteiger partial charge in [-0.05, 0) is 30.7 Å². The molecule has 2 aromatic carbocycles. The molecule has 8 nitrogen and oxygen atoms in total. The third-order valence-corrected chi connectivity index (χ3v) is 6.09. The molecule has 1 aromatic heterocycles. The maximum atomic E-state index is 13.0. The highest BCUT2D eigenvalue weighted by molar-refractivity contribution is 6.30. The van der Waals surface area contributed by atoms with E-state index in [2.05, 4.69) is 10.1 Å². The van der Waals surface area contributed by atoms with Gasteiger partial charge in [0.2, 0.25) is 5.91 Å². The number of rotatable bonds is 7. The number of nitrogens with zero attached hydrogens (tertiary/aromatic N) is 3. The number of hydrazone groups is 1. The number of ether oxygens (including phenoxy) is 2. The molecule has 9 heteroatoms. The average molecular weight is 482 g/mol. The molecule has 1 amide bonds. The van der Waals surface area contributed by atoms with Crippen LogP contribution in [0.15, 0.2) is 47.6 Å². The molecule has 1 atom stereocenters. The number of halogens is 1. The number of pyridine rings is 1. The molecular formula is C25H24ClN3O5. The Labute approximate surface area is 201 Å². The fourth-order valence-corrected chi connectivity index (χ4v) is 4.30. The van der Waals surface area contributed by atoms with Crippen molar-refractivity contribution in [2.75, 3.05) is 14.2 Å². The smallest absolute Gasteiger partial charge is 0.303 e. The third kappa shape index (κ3) is 4.68. The number of methoxy groups -OCH3 is 2. The number of carbonyl (C=O) groups excluding carboxylic acids is 1. The van der Waals surface area contributed by atoms with Gasteiger partial charge in [0.1, 0.15) is 16.7 Å². The predicted octanol–water partition coefficient (Wildman–Crippen LogP) is 4.76. The second kappa shape index (κ2) is 9.69. The van der Waals surface area contributed by atoms with E-state index in [1.165, 1.54) is 5.01 Å². The summed E-state index contributed by atoms with van der Waals surface area (Å²) < 4.78 is 10.7. The number of aliphatic carboxylic acids is 1. The zero-order valence-corrected chi connectivity index (χ0v) is 19.8. The standard InChI is InChI=1S/C25H24ClN3O5/c1-14-5-4-6-15-11-19(25(26)27-24(14)15)21-13-20(28-29(21)22(30)7-8-23(31)32)16-9-17(33-2)12-18(10-16)34-3/h4-6,9-12,21H,7-8,13H2,1-3H3,(H,31,32). The van der Waals surface area contributed by atoms with Gasteiger partial charge in [0.15, 0.2) is 0 Å². The number of carboxylic acids is 1. The minimum absolute atomic E-state index is 0.179. The number of aromatic nitrogens is 1. The van der Waals surface area contributed by atoms with E-state index < -0.39 is 17.9 Å². The first-order valence-electron chi connectivity index (χ1n) is 10.7. The van der Waals surface area contributed by atoms with E-state index in [9.17, 15) is 9.59 Å². The zero-order chi connectivity index (χ0) is 24.4. The van der Waals surface area contributed by atoms with Crippen molar-refractivity contribution in [3.63, 3.8) is 0 Å². The number of hydrogen-bond acceptors (Lipinski definition) is 6. The van der Waals surface area contributed by atoms with Crippen LogP contribution < -0.4 is 9.47 Å². The normalized spacial score (nSPS) is 15.4. The number of fused-ring (bicyclic) bond motifs is 1. The molecule has 176 valence electrons. The Morgan fingerprint density at radius 3 is 2.47 bits per heavy atom. The summed E-state index contributed by atoms with van der Waals surface area (Å²) in [5.74, 6) is -0.278. The lowest BCUT2D eigenvalue weighted by atomic mass is 9.97. The van der Waals surface area contributed by atoms with E-state index in [-0.39, 0.29) is 18.0 Å². The molecule has 34 heavy (non-hydrogen) atoms. The molecule has 1 N–H and O–H groups in total. The maximum Gasteiger partial charge on any atom is 0.303 e. The first-order chi connectivity index (χ1) is 16.3. The van der Waals surface area contributed by atoms with Crippen LogP contribution in [0.3, 0.4) is 0 Å². The molecular weight excluding hydrogens is 458 g/mol. The van der Waals surface area contributed by atoms with Gasteiger partial charge in [-0.1, -0.05) is 29.8 Å². The highest BCUT2D eigenvalue weighted by Crippen LogP contribution is 2.39. The van der Waals surface area contributed by atoms with E-state index in [0.29, 0.717) is 29.2 Å². The SMILES string of the molecule is COc1cc(OC)cc(C2=NN(C(=O)CCC(=O)O)C(c3cc4cccc(C)c4nc3Cl)C2)c1. The van der Waals surface area contributed by atoms with Crippen LogP contribution in [0.4, 0.5) is 0 Å². The Balaban J connectivity index is 1.78. The lowest BCUT2D eigenvalue weighted by Gasteiger charge is -2.23. The second-order valence-electron chi connectivity index (χ2n) is 8.02. The van der Waals surface area contributed by atoms with E-state index >= 15 is 0 Å². The van der Waals surface area contributed by atoms with Gasteiger partial charge in [-0.25, -0.2) is 9.99 Å². The lowest BCUT2D eigenvalue weighted by molar-refractivity contribution is -0.141. The summed E-state index contributed by atoms with van der Waals surface area (Å²) in [6.45, 7) is 1.96. The van der Waals surface area contributed by atoms with Crippen molar-refractivity contribution in [3.8, 4) is 11.5 Å². The van der Waals surface area contributed by atoms with Gasteiger partial charge in [0.25, 0.3) is 0 Å². The van der Waals surface area contributed by atoms with Gasteiger partial charge >= 0.3 is 5.97 Å². The molecule has 0 saturated carbocycles. The van der Waals surface area contributed by atoms with E-state index in [0.717, 1.165) is 22.0 Å². The number of hydrogen-bond donors (Lipinski definition) is 1. The van der Waals surface area contributed by atoms with Crippen molar-refractivity contribution in [1.29, 1.82) is 0 Å². The molecule has 4 rings (SSSR count). The lowest BCUT2D eigenvalue weighted by Crippen LogP contribution is -2.27. The molecule has 0 bridgehead atoms. The minimum Gasteiger partial charge on any atom is -0.497 e. The van der Waals surface area contributed by atoms with Crippen molar-refractivity contribution < 1.29 is 24.2 Å². The summed E-state index contributed by atoms with van der Waals surface area (Å²) in [7, 11) is 3.12. The molecule has 1 aliphatic heterocycles. The van der Waals surface area contributed by atoms with Crippen LogP contribution in [0.25, 0.3) is 10.9 Å². The molecule has 1 unspecified atom stereocenters. The zero-order valence-electron chi connectivity index (χ0n) is 19.0. The summed E-state index contributed by atoms with van der Waals surface area (Å²) in [6.07, 6.45) is -0.0988. The largest absolute Gasteiger partial charge is 0.497 e. The van der Waals surface area contributed by atoms with E-state index in [4.69, 9.17) is 26.2 Å². The van der Waals surface area contributed by atoms with Crippen molar-refractivity contribution in [2.45, 2.75) is 32.2 Å². The van der Waals surface area contributed by atoms with Gasteiger partial charge in [0, 0.05) is 35.4 Å². The van der Waals surface area contributed by atoms with Crippen molar-refractivity contribution >= 4 is 40.1 Å². The molecule has 0 saturated heterocycles. The number of aryl methyl sites for hydroxylation is 1. The first kappa shape index (κ1) is 23.5. The minimum atomic E-state index is -1.05. The van der Waals surface area contributed by atoms with Crippen LogP contribution in [-0.4, -0.2) is 46.9 Å². The molecule has 0 aliphatic carbocycles. The molecule has 3 aromatic rings. The Morgan fingerprint density at radius 1 is 1.12 bits per heavy atom. The Kier molecular flexibility index (Phi) is 6.70. The fraction of sp³-hybridized carbons (Fsp3) is 0.280. The van der Waals surface area contributed by atoms with Crippen molar-refractivity contribution in [1.82, 2.24) is 9.99 Å². The van der Waals surface area contributed by atoms with Crippen LogP contribution in [0.1, 0.15) is 42.0 Å². The van der Waals surface area contributed by atoms with Crippen LogP contribution in [0, 0.1) is 6.92 Å². The number of carbonyl (C=O) groups is 2. The van der Waals surface area contributed by atoms with Gasteiger partial charge in [-0.3, -0.25) is 9.59 Å². The first-order valence-corrected chi connectivity index (χ1v) is 11.1. The van der Waals surface area contributed by atoms with Gasteiger partial charge in [0.05, 0.1) is 37.9 Å². The number of benzene rings is 2. The molecule has 0 fully saturated rings. The maximum absolute atomic E-state index is 13.0. The van der Waals surface area contributed by atoms with Crippen LogP contribution in [0.2, 0.25) is 5.15 Å². The summed E-state index contributed by atoms with van der Waals surface area (Å²) >= 11 is 6.61. The molecule has 0 spiro atoms. The number of carboxylic acid groups (broad SMARTS) is 1. The fourth-order valence-electron chi connectivity index (χ4n) is 4.03. The highest BCUT2D eigenvalue weighted by Gasteiger charge is 2.35. The number of para-hydroxylation sites is 1. The predicted molar refractivity (Wildman–Crippen MR) is 129 cm³/mol. The van der Waals surface area contributed by atoms with Gasteiger partial charge in [-0.2, -0.15) is 5.10 Å². The van der Waals surface area contributed by atoms with Crippen LogP contribution >= 0.6 is 11.6 Å². The highest BCUT2D eigenvalue weighted by atomic mass is 35.5. The third-order valence-electron chi connectivity index (χ3n) is 5.79. The molecule has 0 radical (unpaired) electrons. The van der Waals surface area contributed by atoms with Gasteiger partial charge < -0.3 is 14.6 Å². The number of amides is 1. The Bertz CT molecular complexity index is 1280. The summed E-state index contributed by atoms with van der Waals surface area (Å²) in [6, 6.07) is 12.6. The average Bonchev–Trinajstić information content (AvgIpc) is 3.27. The summed E-state index contributed by atoms with van der Waals surface area (Å²) in [4.78, 5) is 28.7. The quantitative estimate of drug-likeness (QED) is 0.488. The van der Waals surface area contributed by atoms with Gasteiger partial charge in [-0.15, -0.1) is 0 Å².